The molecule has 0 aliphatic heterocycles. The van der Waals surface area contributed by atoms with Crippen molar-refractivity contribution in [2.24, 2.45) is 0 Å². The summed E-state index contributed by atoms with van der Waals surface area (Å²) < 4.78 is 29.8. The summed E-state index contributed by atoms with van der Waals surface area (Å²) in [6.07, 6.45) is -0.224. The summed E-state index contributed by atoms with van der Waals surface area (Å²) in [4.78, 5) is 24.6. The number of nitrogens with zero attached hydrogens (tertiary/aromatic N) is 1. The van der Waals surface area contributed by atoms with Crippen LogP contribution < -0.4 is 4.74 Å². The Morgan fingerprint density at radius 1 is 1.21 bits per heavy atom. The van der Waals surface area contributed by atoms with Crippen LogP contribution in [0.2, 0.25) is 0 Å². The van der Waals surface area contributed by atoms with Gasteiger partial charge in [-0.05, 0) is 29.8 Å². The van der Waals surface area contributed by atoms with Gasteiger partial charge in [0.05, 0.1) is 12.0 Å². The van der Waals surface area contributed by atoms with E-state index in [4.69, 9.17) is 5.11 Å². The van der Waals surface area contributed by atoms with E-state index in [1.54, 1.807) is 31.2 Å². The Labute approximate surface area is 137 Å². The highest BCUT2D eigenvalue weighted by Crippen LogP contribution is 2.28. The van der Waals surface area contributed by atoms with Crippen molar-refractivity contribution in [1.29, 1.82) is 0 Å². The molecular formula is C17H17F2NO4. The second-order valence-corrected chi connectivity index (χ2v) is 5.10. The van der Waals surface area contributed by atoms with Gasteiger partial charge in [-0.2, -0.15) is 8.78 Å². The summed E-state index contributed by atoms with van der Waals surface area (Å²) in [5, 5.41) is 10.1. The van der Waals surface area contributed by atoms with E-state index < -0.39 is 18.5 Å². The highest BCUT2D eigenvalue weighted by Gasteiger charge is 2.22. The first-order valence-corrected chi connectivity index (χ1v) is 7.41. The van der Waals surface area contributed by atoms with Crippen LogP contribution in [-0.4, -0.2) is 41.6 Å². The Kier molecular flexibility index (Phi) is 5.68. The lowest BCUT2D eigenvalue weighted by molar-refractivity contribution is -0.137. The Balaban J connectivity index is 2.42. The van der Waals surface area contributed by atoms with Gasteiger partial charge in [0.15, 0.2) is 0 Å². The van der Waals surface area contributed by atoms with Crippen LogP contribution in [0.5, 0.6) is 5.75 Å². The van der Waals surface area contributed by atoms with Crippen molar-refractivity contribution in [3.8, 4) is 5.75 Å². The highest BCUT2D eigenvalue weighted by molar-refractivity contribution is 6.01. The molecule has 0 aromatic heterocycles. The first-order chi connectivity index (χ1) is 11.4. The van der Waals surface area contributed by atoms with E-state index in [1.807, 2.05) is 0 Å². The molecule has 0 saturated heterocycles. The summed E-state index contributed by atoms with van der Waals surface area (Å²) in [7, 11) is 0. The van der Waals surface area contributed by atoms with Gasteiger partial charge in [0.1, 0.15) is 5.75 Å². The number of amides is 1. The molecule has 2 aromatic rings. The molecule has 128 valence electrons. The molecule has 1 amide bonds. The van der Waals surface area contributed by atoms with Gasteiger partial charge in [0.25, 0.3) is 5.91 Å². The Hall–Kier alpha value is -2.70. The minimum Gasteiger partial charge on any atom is -0.481 e. The Morgan fingerprint density at radius 3 is 2.38 bits per heavy atom. The molecule has 5 nitrogen and oxygen atoms in total. The minimum atomic E-state index is -3.06. The van der Waals surface area contributed by atoms with Crippen LogP contribution in [0.1, 0.15) is 23.7 Å². The fourth-order valence-electron chi connectivity index (χ4n) is 2.38. The molecule has 0 spiro atoms. The van der Waals surface area contributed by atoms with Gasteiger partial charge in [-0.3, -0.25) is 9.59 Å². The lowest BCUT2D eigenvalue weighted by Gasteiger charge is -2.22. The van der Waals surface area contributed by atoms with Crippen molar-refractivity contribution in [2.75, 3.05) is 13.1 Å². The zero-order valence-electron chi connectivity index (χ0n) is 13.0. The van der Waals surface area contributed by atoms with Crippen molar-refractivity contribution in [3.63, 3.8) is 0 Å². The molecule has 2 aromatic carbocycles. The molecule has 2 rings (SSSR count). The molecule has 0 aliphatic rings. The molecule has 0 saturated carbocycles. The molecule has 0 radical (unpaired) electrons. The molecule has 1 N–H and O–H groups in total. The van der Waals surface area contributed by atoms with Crippen LogP contribution in [0.4, 0.5) is 8.78 Å². The fraction of sp³-hybridized carbons (Fsp3) is 0.294. The van der Waals surface area contributed by atoms with Gasteiger partial charge in [0, 0.05) is 13.1 Å². The monoisotopic (exact) mass is 337 g/mol. The van der Waals surface area contributed by atoms with E-state index >= 15 is 0 Å². The van der Waals surface area contributed by atoms with E-state index in [2.05, 4.69) is 4.74 Å². The maximum absolute atomic E-state index is 12.7. The molecule has 0 bridgehead atoms. The van der Waals surface area contributed by atoms with E-state index in [0.717, 1.165) is 0 Å². The SMILES string of the molecule is CCN(CCC(=O)O)C(=O)c1cc2ccccc2cc1OC(F)F. The van der Waals surface area contributed by atoms with Crippen LogP contribution in [0.3, 0.4) is 0 Å². The molecule has 0 unspecified atom stereocenters. The average Bonchev–Trinajstić information content (AvgIpc) is 2.53. The Bertz CT molecular complexity index is 748. The second kappa shape index (κ2) is 7.72. The maximum Gasteiger partial charge on any atom is 0.387 e. The van der Waals surface area contributed by atoms with Crippen LogP contribution in [0.15, 0.2) is 36.4 Å². The first-order valence-electron chi connectivity index (χ1n) is 7.41. The maximum atomic E-state index is 12.7. The Morgan fingerprint density at radius 2 is 1.83 bits per heavy atom. The lowest BCUT2D eigenvalue weighted by Crippen LogP contribution is -2.33. The molecule has 0 aliphatic carbocycles. The molecule has 0 heterocycles. The van der Waals surface area contributed by atoms with Gasteiger partial charge in [-0.25, -0.2) is 0 Å². The van der Waals surface area contributed by atoms with Gasteiger partial charge in [-0.1, -0.05) is 24.3 Å². The number of aliphatic carboxylic acids is 1. The second-order valence-electron chi connectivity index (χ2n) is 5.10. The van der Waals surface area contributed by atoms with E-state index in [-0.39, 0.29) is 30.8 Å². The summed E-state index contributed by atoms with van der Waals surface area (Å²) in [5.74, 6) is -1.80. The zero-order chi connectivity index (χ0) is 17.7. The van der Waals surface area contributed by atoms with E-state index in [1.165, 1.54) is 17.0 Å². The average molecular weight is 337 g/mol. The number of alkyl halides is 2. The van der Waals surface area contributed by atoms with Crippen molar-refractivity contribution in [1.82, 2.24) is 4.90 Å². The summed E-state index contributed by atoms with van der Waals surface area (Å²) in [6.45, 7) is -1.13. The topological polar surface area (TPSA) is 66.8 Å². The molecular weight excluding hydrogens is 320 g/mol. The van der Waals surface area contributed by atoms with Gasteiger partial charge >= 0.3 is 12.6 Å². The quantitative estimate of drug-likeness (QED) is 0.841. The van der Waals surface area contributed by atoms with E-state index in [0.29, 0.717) is 10.8 Å². The minimum absolute atomic E-state index is 0.00832. The summed E-state index contributed by atoms with van der Waals surface area (Å²) in [6, 6.07) is 9.88. The predicted octanol–water partition coefficient (Wildman–Crippen LogP) is 3.38. The molecule has 0 fully saturated rings. The number of fused-ring (bicyclic) bond motifs is 1. The third kappa shape index (κ3) is 4.18. The number of halogens is 2. The molecule has 7 heteroatoms. The largest absolute Gasteiger partial charge is 0.481 e. The number of hydrogen-bond acceptors (Lipinski definition) is 3. The third-order valence-corrected chi connectivity index (χ3v) is 3.56. The normalized spacial score (nSPS) is 10.8. The third-order valence-electron chi connectivity index (χ3n) is 3.56. The van der Waals surface area contributed by atoms with Gasteiger partial charge < -0.3 is 14.7 Å². The summed E-state index contributed by atoms with van der Waals surface area (Å²) in [5.41, 5.74) is -0.0127. The van der Waals surface area contributed by atoms with Crippen LogP contribution >= 0.6 is 0 Å². The smallest absolute Gasteiger partial charge is 0.387 e. The predicted molar refractivity (Wildman–Crippen MR) is 84.4 cm³/mol. The number of hydrogen-bond donors (Lipinski definition) is 1. The van der Waals surface area contributed by atoms with Crippen molar-refractivity contribution in [3.05, 3.63) is 42.0 Å². The molecule has 24 heavy (non-hydrogen) atoms. The van der Waals surface area contributed by atoms with E-state index in [9.17, 15) is 18.4 Å². The van der Waals surface area contributed by atoms with Gasteiger partial charge in [0.2, 0.25) is 0 Å². The summed E-state index contributed by atoms with van der Waals surface area (Å²) >= 11 is 0. The number of carboxylic acid groups (broad SMARTS) is 1. The number of rotatable bonds is 7. The number of carboxylic acids is 1. The van der Waals surface area contributed by atoms with Crippen LogP contribution in [0.25, 0.3) is 10.8 Å². The first kappa shape index (κ1) is 17.7. The molecule has 0 atom stereocenters. The van der Waals surface area contributed by atoms with Crippen LogP contribution in [0, 0.1) is 0 Å². The van der Waals surface area contributed by atoms with Gasteiger partial charge in [-0.15, -0.1) is 0 Å². The standard InChI is InChI=1S/C17H17F2NO4/c1-2-20(8-7-15(21)22)16(23)13-9-11-5-3-4-6-12(11)10-14(13)24-17(18)19/h3-6,9-10,17H,2,7-8H2,1H3,(H,21,22). The number of carbonyl (C=O) groups excluding carboxylic acids is 1. The number of ether oxygens (including phenoxy) is 1. The van der Waals surface area contributed by atoms with Crippen molar-refractivity contribution >= 4 is 22.6 Å². The lowest BCUT2D eigenvalue weighted by atomic mass is 10.0. The van der Waals surface area contributed by atoms with Crippen LogP contribution in [-0.2, 0) is 4.79 Å². The number of benzene rings is 2. The highest BCUT2D eigenvalue weighted by atomic mass is 19.3. The number of carbonyl (C=O) groups is 2. The zero-order valence-corrected chi connectivity index (χ0v) is 13.0. The van der Waals surface area contributed by atoms with Crippen molar-refractivity contribution < 1.29 is 28.2 Å². The van der Waals surface area contributed by atoms with Crippen molar-refractivity contribution in [2.45, 2.75) is 20.0 Å². The fourth-order valence-corrected chi connectivity index (χ4v) is 2.38.